The molecule has 1 atom stereocenters. The van der Waals surface area contributed by atoms with E-state index < -0.39 is 6.67 Å². The van der Waals surface area contributed by atoms with Crippen molar-refractivity contribution in [3.05, 3.63) is 66.0 Å². The molecule has 2 rings (SSSR count). The van der Waals surface area contributed by atoms with E-state index in [4.69, 9.17) is 0 Å². The lowest BCUT2D eigenvalue weighted by molar-refractivity contribution is 0.380. The Balaban J connectivity index is 1.97. The zero-order valence-electron chi connectivity index (χ0n) is 9.51. The number of halogens is 1. The van der Waals surface area contributed by atoms with Gasteiger partial charge in [0.05, 0.1) is 6.04 Å². The minimum Gasteiger partial charge on any atom is -0.304 e. The number of alkyl halides is 1. The van der Waals surface area contributed by atoms with E-state index in [1.807, 2.05) is 42.5 Å². The molecular formula is C14H15FN2. The van der Waals surface area contributed by atoms with E-state index in [1.54, 1.807) is 12.4 Å². The maximum absolute atomic E-state index is 13.0. The number of aromatic nitrogens is 1. The van der Waals surface area contributed by atoms with Crippen LogP contribution in [0.2, 0.25) is 0 Å². The zero-order valence-corrected chi connectivity index (χ0v) is 9.51. The highest BCUT2D eigenvalue weighted by atomic mass is 19.1. The molecule has 0 fully saturated rings. The largest absolute Gasteiger partial charge is 0.304 e. The second-order valence-corrected chi connectivity index (χ2v) is 3.86. The predicted octanol–water partition coefficient (Wildman–Crippen LogP) is 2.88. The van der Waals surface area contributed by atoms with Gasteiger partial charge in [0, 0.05) is 18.9 Å². The lowest BCUT2D eigenvalue weighted by Crippen LogP contribution is -2.22. The first-order valence-electron chi connectivity index (χ1n) is 5.63. The fraction of sp³-hybridized carbons (Fsp3) is 0.214. The number of hydrogen-bond acceptors (Lipinski definition) is 2. The van der Waals surface area contributed by atoms with Gasteiger partial charge in [0.15, 0.2) is 0 Å². The fourth-order valence-corrected chi connectivity index (χ4v) is 1.68. The molecule has 1 N–H and O–H groups in total. The van der Waals surface area contributed by atoms with Gasteiger partial charge in [0.1, 0.15) is 6.67 Å². The molecule has 0 radical (unpaired) electrons. The molecule has 1 unspecified atom stereocenters. The Morgan fingerprint density at radius 2 is 1.94 bits per heavy atom. The van der Waals surface area contributed by atoms with Gasteiger partial charge in [-0.1, -0.05) is 36.4 Å². The third-order valence-corrected chi connectivity index (χ3v) is 2.64. The third-order valence-electron chi connectivity index (χ3n) is 2.64. The average Bonchev–Trinajstić information content (AvgIpc) is 2.42. The van der Waals surface area contributed by atoms with Crippen LogP contribution in [0.1, 0.15) is 17.2 Å². The Labute approximate surface area is 101 Å². The van der Waals surface area contributed by atoms with Crippen LogP contribution in [0.4, 0.5) is 4.39 Å². The van der Waals surface area contributed by atoms with E-state index in [0.717, 1.165) is 11.1 Å². The molecule has 0 aliphatic heterocycles. The summed E-state index contributed by atoms with van der Waals surface area (Å²) in [5, 5.41) is 3.19. The van der Waals surface area contributed by atoms with Gasteiger partial charge in [-0.2, -0.15) is 0 Å². The molecule has 0 saturated heterocycles. The van der Waals surface area contributed by atoms with Crippen LogP contribution in [0.3, 0.4) is 0 Å². The molecule has 0 amide bonds. The minimum absolute atomic E-state index is 0.288. The monoisotopic (exact) mass is 230 g/mol. The van der Waals surface area contributed by atoms with Crippen molar-refractivity contribution in [2.45, 2.75) is 12.6 Å². The van der Waals surface area contributed by atoms with Crippen molar-refractivity contribution >= 4 is 0 Å². The first-order valence-corrected chi connectivity index (χ1v) is 5.63. The van der Waals surface area contributed by atoms with Crippen LogP contribution in [0, 0.1) is 0 Å². The minimum atomic E-state index is -0.432. The summed E-state index contributed by atoms with van der Waals surface area (Å²) in [4.78, 5) is 4.00. The van der Waals surface area contributed by atoms with Crippen molar-refractivity contribution in [3.8, 4) is 0 Å². The first-order chi connectivity index (χ1) is 8.40. The van der Waals surface area contributed by atoms with Crippen molar-refractivity contribution < 1.29 is 4.39 Å². The molecule has 0 spiro atoms. The van der Waals surface area contributed by atoms with E-state index in [0.29, 0.717) is 6.54 Å². The molecule has 1 aromatic carbocycles. The second-order valence-electron chi connectivity index (χ2n) is 3.86. The number of pyridine rings is 1. The number of benzene rings is 1. The topological polar surface area (TPSA) is 24.9 Å². The molecule has 88 valence electrons. The highest BCUT2D eigenvalue weighted by Crippen LogP contribution is 2.12. The summed E-state index contributed by atoms with van der Waals surface area (Å²) < 4.78 is 13.0. The average molecular weight is 230 g/mol. The lowest BCUT2D eigenvalue weighted by atomic mass is 10.1. The fourth-order valence-electron chi connectivity index (χ4n) is 1.68. The van der Waals surface area contributed by atoms with Gasteiger partial charge >= 0.3 is 0 Å². The zero-order chi connectivity index (χ0) is 11.9. The second kappa shape index (κ2) is 6.11. The van der Waals surface area contributed by atoms with Gasteiger partial charge in [-0.25, -0.2) is 4.39 Å². The van der Waals surface area contributed by atoms with Crippen LogP contribution < -0.4 is 5.32 Å². The highest BCUT2D eigenvalue weighted by molar-refractivity contribution is 5.17. The van der Waals surface area contributed by atoms with Crippen LogP contribution in [0.5, 0.6) is 0 Å². The molecular weight excluding hydrogens is 215 g/mol. The maximum atomic E-state index is 13.0. The number of hydrogen-bond donors (Lipinski definition) is 1. The van der Waals surface area contributed by atoms with Crippen LogP contribution in [-0.4, -0.2) is 11.7 Å². The predicted molar refractivity (Wildman–Crippen MR) is 66.2 cm³/mol. The van der Waals surface area contributed by atoms with E-state index >= 15 is 0 Å². The SMILES string of the molecule is FCC(NCc1ccccc1)c1cccnc1. The Morgan fingerprint density at radius 3 is 2.59 bits per heavy atom. The van der Waals surface area contributed by atoms with Crippen molar-refractivity contribution in [2.24, 2.45) is 0 Å². The van der Waals surface area contributed by atoms with Crippen molar-refractivity contribution in [1.29, 1.82) is 0 Å². The molecule has 0 bridgehead atoms. The van der Waals surface area contributed by atoms with Gasteiger partial charge in [0.25, 0.3) is 0 Å². The van der Waals surface area contributed by atoms with Crippen LogP contribution in [0.15, 0.2) is 54.9 Å². The van der Waals surface area contributed by atoms with E-state index in [2.05, 4.69) is 10.3 Å². The first kappa shape index (κ1) is 11.7. The number of nitrogens with one attached hydrogen (secondary N) is 1. The summed E-state index contributed by atoms with van der Waals surface area (Å²) in [5.74, 6) is 0. The molecule has 1 aromatic heterocycles. The van der Waals surface area contributed by atoms with E-state index in [1.165, 1.54) is 0 Å². The lowest BCUT2D eigenvalue weighted by Gasteiger charge is -2.15. The Bertz CT molecular complexity index is 430. The smallest absolute Gasteiger partial charge is 0.109 e. The Morgan fingerprint density at radius 1 is 1.12 bits per heavy atom. The normalized spacial score (nSPS) is 12.3. The summed E-state index contributed by atoms with van der Waals surface area (Å²) >= 11 is 0. The summed E-state index contributed by atoms with van der Waals surface area (Å²) in [6, 6.07) is 13.4. The molecule has 2 nitrogen and oxygen atoms in total. The Hall–Kier alpha value is -1.74. The number of nitrogens with zero attached hydrogens (tertiary/aromatic N) is 1. The van der Waals surface area contributed by atoms with Crippen molar-refractivity contribution in [3.63, 3.8) is 0 Å². The van der Waals surface area contributed by atoms with Crippen LogP contribution in [-0.2, 0) is 6.54 Å². The standard InChI is InChI=1S/C14H15FN2/c15-9-14(13-7-4-8-16-11-13)17-10-12-5-2-1-3-6-12/h1-8,11,14,17H,9-10H2. The molecule has 17 heavy (non-hydrogen) atoms. The molecule has 0 saturated carbocycles. The van der Waals surface area contributed by atoms with Gasteiger partial charge in [-0.15, -0.1) is 0 Å². The summed E-state index contributed by atoms with van der Waals surface area (Å²) in [7, 11) is 0. The summed E-state index contributed by atoms with van der Waals surface area (Å²) in [6.07, 6.45) is 3.39. The summed E-state index contributed by atoms with van der Waals surface area (Å²) in [5.41, 5.74) is 2.03. The van der Waals surface area contributed by atoms with Crippen LogP contribution >= 0.6 is 0 Å². The maximum Gasteiger partial charge on any atom is 0.109 e. The summed E-state index contributed by atoms with van der Waals surface area (Å²) in [6.45, 7) is 0.225. The Kier molecular flexibility index (Phi) is 4.22. The van der Waals surface area contributed by atoms with Gasteiger partial charge in [0.2, 0.25) is 0 Å². The van der Waals surface area contributed by atoms with Gasteiger partial charge < -0.3 is 5.32 Å². The van der Waals surface area contributed by atoms with Crippen LogP contribution in [0.25, 0.3) is 0 Å². The van der Waals surface area contributed by atoms with Gasteiger partial charge in [-0.3, -0.25) is 4.98 Å². The quantitative estimate of drug-likeness (QED) is 0.854. The number of rotatable bonds is 5. The molecule has 0 aliphatic rings. The molecule has 1 heterocycles. The third kappa shape index (κ3) is 3.36. The van der Waals surface area contributed by atoms with E-state index in [-0.39, 0.29) is 6.04 Å². The molecule has 0 aliphatic carbocycles. The highest BCUT2D eigenvalue weighted by Gasteiger charge is 2.10. The molecule has 3 heteroatoms. The van der Waals surface area contributed by atoms with Crippen molar-refractivity contribution in [2.75, 3.05) is 6.67 Å². The van der Waals surface area contributed by atoms with Gasteiger partial charge in [-0.05, 0) is 17.2 Å². The van der Waals surface area contributed by atoms with E-state index in [9.17, 15) is 4.39 Å². The molecule has 2 aromatic rings. The van der Waals surface area contributed by atoms with Crippen molar-refractivity contribution in [1.82, 2.24) is 10.3 Å².